The van der Waals surface area contributed by atoms with Crippen molar-refractivity contribution in [1.82, 2.24) is 9.78 Å². The van der Waals surface area contributed by atoms with Gasteiger partial charge in [0.1, 0.15) is 18.0 Å². The van der Waals surface area contributed by atoms with Gasteiger partial charge in [-0.15, -0.1) is 0 Å². The van der Waals surface area contributed by atoms with Crippen LogP contribution in [0.5, 0.6) is 0 Å². The lowest BCUT2D eigenvalue weighted by atomic mass is 10.1. The standard InChI is InChI=1S/C16H18F2N4O3/c1-9-4-5-10(19-14(23)8-25-3)6-11(9)20-16(24)13-7-12(15(17)18)21-22(13)2/h4-7,15H,8H2,1-3H3,(H,19,23)(H,20,24). The highest BCUT2D eigenvalue weighted by Gasteiger charge is 2.19. The fourth-order valence-corrected chi connectivity index (χ4v) is 2.16. The van der Waals surface area contributed by atoms with Crippen molar-refractivity contribution < 1.29 is 23.1 Å². The van der Waals surface area contributed by atoms with Gasteiger partial charge in [0.2, 0.25) is 5.91 Å². The van der Waals surface area contributed by atoms with Gasteiger partial charge in [0, 0.05) is 25.5 Å². The minimum absolute atomic E-state index is 0.00326. The van der Waals surface area contributed by atoms with Crippen molar-refractivity contribution in [3.63, 3.8) is 0 Å². The van der Waals surface area contributed by atoms with Crippen LogP contribution in [-0.4, -0.2) is 35.3 Å². The molecule has 0 radical (unpaired) electrons. The Morgan fingerprint density at radius 1 is 1.28 bits per heavy atom. The summed E-state index contributed by atoms with van der Waals surface area (Å²) in [5.41, 5.74) is 1.20. The lowest BCUT2D eigenvalue weighted by molar-refractivity contribution is -0.119. The molecule has 0 bridgehead atoms. The summed E-state index contributed by atoms with van der Waals surface area (Å²) in [6, 6.07) is 6.01. The molecular formula is C16H18F2N4O3. The third-order valence-electron chi connectivity index (χ3n) is 3.40. The highest BCUT2D eigenvalue weighted by molar-refractivity contribution is 6.04. The number of alkyl halides is 2. The summed E-state index contributed by atoms with van der Waals surface area (Å²) in [7, 11) is 2.82. The largest absolute Gasteiger partial charge is 0.375 e. The molecule has 0 spiro atoms. The highest BCUT2D eigenvalue weighted by atomic mass is 19.3. The van der Waals surface area contributed by atoms with Crippen molar-refractivity contribution in [3.8, 4) is 0 Å². The van der Waals surface area contributed by atoms with Crippen molar-refractivity contribution in [3.05, 3.63) is 41.2 Å². The first-order valence-electron chi connectivity index (χ1n) is 7.34. The second-order valence-corrected chi connectivity index (χ2v) is 5.34. The number of aryl methyl sites for hydroxylation is 2. The summed E-state index contributed by atoms with van der Waals surface area (Å²) < 4.78 is 31.2. The molecular weight excluding hydrogens is 334 g/mol. The van der Waals surface area contributed by atoms with Gasteiger partial charge in [-0.25, -0.2) is 8.78 Å². The van der Waals surface area contributed by atoms with Crippen LogP contribution < -0.4 is 10.6 Å². The van der Waals surface area contributed by atoms with Crippen LogP contribution in [0.25, 0.3) is 0 Å². The molecule has 2 aromatic rings. The average Bonchev–Trinajstić information content (AvgIpc) is 2.93. The van der Waals surface area contributed by atoms with Crippen molar-refractivity contribution in [1.29, 1.82) is 0 Å². The smallest absolute Gasteiger partial charge is 0.282 e. The first kappa shape index (κ1) is 18.5. The number of hydrogen-bond acceptors (Lipinski definition) is 4. The zero-order chi connectivity index (χ0) is 18.6. The summed E-state index contributed by atoms with van der Waals surface area (Å²) in [6.45, 7) is 1.67. The van der Waals surface area contributed by atoms with E-state index in [4.69, 9.17) is 4.74 Å². The maximum Gasteiger partial charge on any atom is 0.282 e. The van der Waals surface area contributed by atoms with E-state index in [9.17, 15) is 18.4 Å². The molecule has 9 heteroatoms. The van der Waals surface area contributed by atoms with Crippen LogP contribution >= 0.6 is 0 Å². The van der Waals surface area contributed by atoms with E-state index in [2.05, 4.69) is 15.7 Å². The Morgan fingerprint density at radius 3 is 2.60 bits per heavy atom. The molecule has 0 unspecified atom stereocenters. The fourth-order valence-electron chi connectivity index (χ4n) is 2.16. The van der Waals surface area contributed by atoms with E-state index in [0.29, 0.717) is 11.4 Å². The number of nitrogens with zero attached hydrogens (tertiary/aromatic N) is 2. The molecule has 2 rings (SSSR count). The van der Waals surface area contributed by atoms with E-state index in [1.807, 2.05) is 0 Å². The molecule has 2 N–H and O–H groups in total. The van der Waals surface area contributed by atoms with Crippen LogP contribution in [0.1, 0.15) is 28.2 Å². The molecule has 0 aliphatic heterocycles. The maximum atomic E-state index is 12.7. The van der Waals surface area contributed by atoms with E-state index in [1.54, 1.807) is 25.1 Å². The number of methoxy groups -OCH3 is 1. The second-order valence-electron chi connectivity index (χ2n) is 5.34. The summed E-state index contributed by atoms with van der Waals surface area (Å²) >= 11 is 0. The van der Waals surface area contributed by atoms with E-state index < -0.39 is 18.0 Å². The number of rotatable bonds is 6. The van der Waals surface area contributed by atoms with Crippen molar-refractivity contribution >= 4 is 23.2 Å². The topological polar surface area (TPSA) is 85.2 Å². The molecule has 0 fully saturated rings. The normalized spacial score (nSPS) is 10.8. The number of aromatic nitrogens is 2. The van der Waals surface area contributed by atoms with Crippen LogP contribution in [-0.2, 0) is 16.6 Å². The SMILES string of the molecule is COCC(=O)Nc1ccc(C)c(NC(=O)c2cc(C(F)F)nn2C)c1. The van der Waals surface area contributed by atoms with Crippen LogP contribution in [0.4, 0.5) is 20.2 Å². The Morgan fingerprint density at radius 2 is 2.00 bits per heavy atom. The van der Waals surface area contributed by atoms with E-state index >= 15 is 0 Å². The molecule has 0 saturated heterocycles. The molecule has 25 heavy (non-hydrogen) atoms. The number of carbonyl (C=O) groups excluding carboxylic acids is 2. The Bertz CT molecular complexity index is 790. The summed E-state index contributed by atoms with van der Waals surface area (Å²) in [5, 5.41) is 8.87. The van der Waals surface area contributed by atoms with Crippen molar-refractivity contribution in [2.45, 2.75) is 13.3 Å². The first-order chi connectivity index (χ1) is 11.8. The van der Waals surface area contributed by atoms with Gasteiger partial charge in [-0.2, -0.15) is 5.10 Å². The molecule has 134 valence electrons. The number of ether oxygens (including phenoxy) is 1. The Labute approximate surface area is 143 Å². The minimum atomic E-state index is -2.76. The number of hydrogen-bond donors (Lipinski definition) is 2. The van der Waals surface area contributed by atoms with Gasteiger partial charge in [-0.3, -0.25) is 14.3 Å². The Balaban J connectivity index is 2.18. The molecule has 1 heterocycles. The third-order valence-corrected chi connectivity index (χ3v) is 3.40. The van der Waals surface area contributed by atoms with Gasteiger partial charge in [0.05, 0.1) is 0 Å². The maximum absolute atomic E-state index is 12.7. The van der Waals surface area contributed by atoms with Crippen LogP contribution in [0, 0.1) is 6.92 Å². The van der Waals surface area contributed by atoms with E-state index in [1.165, 1.54) is 14.2 Å². The lowest BCUT2D eigenvalue weighted by Crippen LogP contribution is -2.18. The monoisotopic (exact) mass is 352 g/mol. The van der Waals surface area contributed by atoms with Gasteiger partial charge in [-0.1, -0.05) is 6.07 Å². The molecule has 0 aliphatic carbocycles. The van der Waals surface area contributed by atoms with Gasteiger partial charge < -0.3 is 15.4 Å². The Kier molecular flexibility index (Phi) is 5.81. The predicted octanol–water partition coefficient (Wildman–Crippen LogP) is 2.50. The van der Waals surface area contributed by atoms with Gasteiger partial charge >= 0.3 is 0 Å². The molecule has 1 aromatic heterocycles. The second kappa shape index (κ2) is 7.84. The quantitative estimate of drug-likeness (QED) is 0.836. The molecule has 7 nitrogen and oxygen atoms in total. The highest BCUT2D eigenvalue weighted by Crippen LogP contribution is 2.22. The Hall–Kier alpha value is -2.81. The third kappa shape index (κ3) is 4.60. The van der Waals surface area contributed by atoms with Crippen molar-refractivity contribution in [2.24, 2.45) is 7.05 Å². The first-order valence-corrected chi connectivity index (χ1v) is 7.34. The summed E-state index contributed by atoms with van der Waals surface area (Å²) in [6.07, 6.45) is -2.76. The van der Waals surface area contributed by atoms with Crippen molar-refractivity contribution in [2.75, 3.05) is 24.4 Å². The van der Waals surface area contributed by atoms with Crippen LogP contribution in [0.15, 0.2) is 24.3 Å². The molecule has 0 aliphatic rings. The number of carbonyl (C=O) groups is 2. The number of anilines is 2. The van der Waals surface area contributed by atoms with E-state index in [-0.39, 0.29) is 18.2 Å². The predicted molar refractivity (Wildman–Crippen MR) is 87.8 cm³/mol. The van der Waals surface area contributed by atoms with E-state index in [0.717, 1.165) is 16.3 Å². The minimum Gasteiger partial charge on any atom is -0.375 e. The van der Waals surface area contributed by atoms with Gasteiger partial charge in [0.25, 0.3) is 12.3 Å². The van der Waals surface area contributed by atoms with Crippen LogP contribution in [0.2, 0.25) is 0 Å². The summed E-state index contributed by atoms with van der Waals surface area (Å²) in [4.78, 5) is 23.9. The number of nitrogens with one attached hydrogen (secondary N) is 2. The van der Waals surface area contributed by atoms with Crippen LogP contribution in [0.3, 0.4) is 0 Å². The lowest BCUT2D eigenvalue weighted by Gasteiger charge is -2.11. The molecule has 2 amide bonds. The number of amides is 2. The molecule has 0 saturated carbocycles. The number of halogens is 2. The zero-order valence-corrected chi connectivity index (χ0v) is 14.0. The van der Waals surface area contributed by atoms with Gasteiger partial charge in [0.15, 0.2) is 0 Å². The van der Waals surface area contributed by atoms with Gasteiger partial charge in [-0.05, 0) is 30.7 Å². The number of benzene rings is 1. The zero-order valence-electron chi connectivity index (χ0n) is 14.0. The summed E-state index contributed by atoms with van der Waals surface area (Å²) in [5.74, 6) is -0.915. The molecule has 0 atom stereocenters. The average molecular weight is 352 g/mol. The fraction of sp³-hybridized carbons (Fsp3) is 0.312. The molecule has 1 aromatic carbocycles.